The maximum Gasteiger partial charge on any atom is 0.337 e. The molecule has 1 atom stereocenters. The van der Waals surface area contributed by atoms with Crippen molar-refractivity contribution in [3.8, 4) is 6.07 Å². The van der Waals surface area contributed by atoms with E-state index < -0.39 is 11.9 Å². The number of ether oxygens (including phenoxy) is 1. The van der Waals surface area contributed by atoms with Gasteiger partial charge in [-0.3, -0.25) is 14.5 Å². The number of allylic oxidation sites excluding steroid dienone is 3. The molecule has 14 heteroatoms. The Bertz CT molecular complexity index is 1680. The van der Waals surface area contributed by atoms with E-state index in [0.29, 0.717) is 56.3 Å². The number of ketones is 1. The molecule has 0 bridgehead atoms. The van der Waals surface area contributed by atoms with E-state index in [9.17, 15) is 19.6 Å². The highest BCUT2D eigenvalue weighted by Gasteiger charge is 2.45. The van der Waals surface area contributed by atoms with Crippen LogP contribution in [0.5, 0.6) is 0 Å². The number of aromatic nitrogens is 3. The van der Waals surface area contributed by atoms with E-state index in [1.807, 2.05) is 13.8 Å². The Morgan fingerprint density at radius 1 is 1.29 bits per heavy atom. The molecule has 0 fully saturated rings. The SMILES string of the molecule is COC(=O)c1ccc(C2C(C#N)=C(N)N(c3nnc(SCC(=O)Nc4cc(C)on4)s3)C3=C2C(=O)CC(C)(C)C3)cc1. The number of anilines is 2. The molecule has 0 spiro atoms. The molecule has 2 aromatic heterocycles. The number of nitrogens with two attached hydrogens (primary N) is 1. The van der Waals surface area contributed by atoms with Gasteiger partial charge in [0.05, 0.1) is 36.0 Å². The number of amides is 1. The number of nitrogens with one attached hydrogen (secondary N) is 1. The van der Waals surface area contributed by atoms with Crippen LogP contribution < -0.4 is 16.0 Å². The Morgan fingerprint density at radius 2 is 2.02 bits per heavy atom. The summed E-state index contributed by atoms with van der Waals surface area (Å²) in [5.74, 6) is -0.472. The van der Waals surface area contributed by atoms with Gasteiger partial charge in [-0.1, -0.05) is 54.2 Å². The number of nitrogens with zero attached hydrogens (tertiary/aromatic N) is 5. The van der Waals surface area contributed by atoms with E-state index >= 15 is 0 Å². The van der Waals surface area contributed by atoms with Crippen molar-refractivity contribution in [2.75, 3.05) is 23.1 Å². The van der Waals surface area contributed by atoms with Crippen molar-refractivity contribution in [1.82, 2.24) is 15.4 Å². The fourth-order valence-electron chi connectivity index (χ4n) is 5.07. The fourth-order valence-corrected chi connectivity index (χ4v) is 6.75. The van der Waals surface area contributed by atoms with Crippen LogP contribution >= 0.6 is 23.1 Å². The van der Waals surface area contributed by atoms with E-state index in [0.717, 1.165) is 0 Å². The van der Waals surface area contributed by atoms with Crippen LogP contribution in [0, 0.1) is 23.7 Å². The monoisotopic (exact) mass is 605 g/mol. The van der Waals surface area contributed by atoms with Gasteiger partial charge in [-0.2, -0.15) is 5.26 Å². The van der Waals surface area contributed by atoms with E-state index in [2.05, 4.69) is 26.7 Å². The zero-order chi connectivity index (χ0) is 30.2. The quantitative estimate of drug-likeness (QED) is 0.289. The van der Waals surface area contributed by atoms with Crippen molar-refractivity contribution >= 4 is 51.7 Å². The summed E-state index contributed by atoms with van der Waals surface area (Å²) >= 11 is 2.39. The van der Waals surface area contributed by atoms with Crippen LogP contribution in [0.2, 0.25) is 0 Å². The highest BCUT2D eigenvalue weighted by atomic mass is 32.2. The molecule has 3 heterocycles. The van der Waals surface area contributed by atoms with Gasteiger partial charge >= 0.3 is 5.97 Å². The lowest BCUT2D eigenvalue weighted by Crippen LogP contribution is -2.42. The Labute approximate surface area is 249 Å². The van der Waals surface area contributed by atoms with E-state index in [4.69, 9.17) is 15.0 Å². The molecule has 1 amide bonds. The summed E-state index contributed by atoms with van der Waals surface area (Å²) in [6.07, 6.45) is 0.804. The van der Waals surface area contributed by atoms with Gasteiger partial charge in [-0.15, -0.1) is 10.2 Å². The van der Waals surface area contributed by atoms with Crippen molar-refractivity contribution in [2.24, 2.45) is 11.1 Å². The Morgan fingerprint density at radius 3 is 2.67 bits per heavy atom. The predicted octanol–water partition coefficient (Wildman–Crippen LogP) is 4.29. The summed E-state index contributed by atoms with van der Waals surface area (Å²) in [6.45, 7) is 5.73. The normalized spacial score (nSPS) is 18.0. The van der Waals surface area contributed by atoms with Crippen LogP contribution in [-0.2, 0) is 14.3 Å². The summed E-state index contributed by atoms with van der Waals surface area (Å²) in [5, 5.41) is 25.6. The Kier molecular flexibility index (Phi) is 7.89. The number of methoxy groups -OCH3 is 1. The number of benzene rings is 1. The largest absolute Gasteiger partial charge is 0.465 e. The van der Waals surface area contributed by atoms with Gasteiger partial charge in [-0.05, 0) is 36.5 Å². The molecule has 0 saturated heterocycles. The first-order valence-corrected chi connectivity index (χ1v) is 14.7. The van der Waals surface area contributed by atoms with Crippen molar-refractivity contribution in [2.45, 2.75) is 43.9 Å². The number of nitriles is 1. The minimum Gasteiger partial charge on any atom is -0.465 e. The molecular formula is C28H27N7O5S2. The standard InChI is InChI=1S/C28H27N7O5S2/c1-14-9-20(34-40-14)31-21(37)13-41-27-33-32-26(42-27)35-18-10-28(2,3)11-19(36)23(18)22(17(12-29)24(35)30)15-5-7-16(8-6-15)25(38)39-4/h5-9,22H,10-11,13,30H2,1-4H3,(H,31,34,37). The summed E-state index contributed by atoms with van der Waals surface area (Å²) in [6, 6.07) is 10.5. The van der Waals surface area contributed by atoms with Crippen LogP contribution in [0.25, 0.3) is 0 Å². The van der Waals surface area contributed by atoms with Crippen molar-refractivity contribution in [3.05, 3.63) is 69.9 Å². The third-order valence-electron chi connectivity index (χ3n) is 6.86. The van der Waals surface area contributed by atoms with E-state index in [1.165, 1.54) is 30.2 Å². The number of carbonyl (C=O) groups excluding carboxylic acids is 3. The van der Waals surface area contributed by atoms with Crippen molar-refractivity contribution < 1.29 is 23.6 Å². The average molecular weight is 606 g/mol. The number of carbonyl (C=O) groups is 3. The average Bonchev–Trinajstić information content (AvgIpc) is 3.58. The minimum absolute atomic E-state index is 0.0540. The van der Waals surface area contributed by atoms with Crippen LogP contribution in [0.4, 0.5) is 10.9 Å². The number of hydrogen-bond donors (Lipinski definition) is 2. The lowest BCUT2D eigenvalue weighted by molar-refractivity contribution is -0.118. The molecule has 0 saturated carbocycles. The van der Waals surface area contributed by atoms with Crippen LogP contribution in [-0.4, -0.2) is 45.9 Å². The molecule has 1 aromatic carbocycles. The van der Waals surface area contributed by atoms with Gasteiger partial charge in [0.25, 0.3) is 0 Å². The minimum atomic E-state index is -0.706. The fraction of sp³-hybridized carbons (Fsp3) is 0.321. The number of hydrogen-bond acceptors (Lipinski definition) is 13. The number of rotatable bonds is 7. The molecule has 216 valence electrons. The zero-order valence-electron chi connectivity index (χ0n) is 23.3. The van der Waals surface area contributed by atoms with Crippen LogP contribution in [0.1, 0.15) is 54.3 Å². The first-order chi connectivity index (χ1) is 20.0. The first-order valence-electron chi connectivity index (χ1n) is 12.8. The first kappa shape index (κ1) is 29.0. The van der Waals surface area contributed by atoms with Gasteiger partial charge in [0, 0.05) is 23.8 Å². The number of Topliss-reactive ketones (excluding diaryl/α,β-unsaturated/α-hetero) is 1. The van der Waals surface area contributed by atoms with Crippen LogP contribution in [0.3, 0.4) is 0 Å². The molecule has 5 rings (SSSR count). The lowest BCUT2D eigenvalue weighted by atomic mass is 9.68. The second-order valence-corrected chi connectivity index (χ2v) is 12.8. The van der Waals surface area contributed by atoms with Gasteiger partial charge in [0.2, 0.25) is 11.0 Å². The van der Waals surface area contributed by atoms with E-state index in [1.54, 1.807) is 42.2 Å². The molecule has 12 nitrogen and oxygen atoms in total. The molecule has 0 radical (unpaired) electrons. The highest BCUT2D eigenvalue weighted by molar-refractivity contribution is 8.01. The van der Waals surface area contributed by atoms with Crippen LogP contribution in [0.15, 0.2) is 61.9 Å². The second-order valence-electron chi connectivity index (χ2n) is 10.6. The maximum atomic E-state index is 13.7. The van der Waals surface area contributed by atoms with Gasteiger partial charge < -0.3 is 20.3 Å². The summed E-state index contributed by atoms with van der Waals surface area (Å²) in [5.41, 5.74) is 8.63. The summed E-state index contributed by atoms with van der Waals surface area (Å²) in [4.78, 5) is 39.7. The molecule has 2 aliphatic rings. The summed E-state index contributed by atoms with van der Waals surface area (Å²) in [7, 11) is 1.30. The third kappa shape index (κ3) is 5.65. The Hall–Kier alpha value is -4.48. The molecule has 42 heavy (non-hydrogen) atoms. The third-order valence-corrected chi connectivity index (χ3v) is 8.90. The molecular weight excluding hydrogens is 578 g/mol. The highest BCUT2D eigenvalue weighted by Crippen LogP contribution is 2.50. The second kappa shape index (κ2) is 11.4. The molecule has 1 aliphatic heterocycles. The lowest BCUT2D eigenvalue weighted by Gasteiger charge is -2.42. The van der Waals surface area contributed by atoms with Gasteiger partial charge in [0.15, 0.2) is 15.9 Å². The molecule has 3 N–H and O–H groups in total. The maximum absolute atomic E-state index is 13.7. The predicted molar refractivity (Wildman–Crippen MR) is 155 cm³/mol. The summed E-state index contributed by atoms with van der Waals surface area (Å²) < 4.78 is 10.3. The number of thioether (sulfide) groups is 1. The Balaban J connectivity index is 1.48. The number of aryl methyl sites for hydroxylation is 1. The van der Waals surface area contributed by atoms with Gasteiger partial charge in [0.1, 0.15) is 11.6 Å². The van der Waals surface area contributed by atoms with Crippen molar-refractivity contribution in [1.29, 1.82) is 5.26 Å². The van der Waals surface area contributed by atoms with Crippen molar-refractivity contribution in [3.63, 3.8) is 0 Å². The smallest absolute Gasteiger partial charge is 0.337 e. The number of esters is 1. The topological polar surface area (TPSA) is 177 Å². The molecule has 1 aliphatic carbocycles. The zero-order valence-corrected chi connectivity index (χ0v) is 24.9. The molecule has 1 unspecified atom stereocenters. The van der Waals surface area contributed by atoms with Gasteiger partial charge in [-0.25, -0.2) is 4.79 Å². The molecule has 3 aromatic rings. The van der Waals surface area contributed by atoms with E-state index in [-0.39, 0.29) is 34.3 Å².